The maximum Gasteiger partial charge on any atom is 0.239 e. The molecule has 2 rings (SSSR count). The lowest BCUT2D eigenvalue weighted by molar-refractivity contribution is -0.114. The van der Waals surface area contributed by atoms with E-state index in [1.165, 1.54) is 12.1 Å². The molecule has 0 bridgehead atoms. The summed E-state index contributed by atoms with van der Waals surface area (Å²) >= 11 is 0. The Bertz CT molecular complexity index is 979. The SMILES string of the molecule is O=C(CS(=O)(=O)CC(=O)Nc1ccc(F)c(F)c1F)Nc1ccc(F)cc1. The highest BCUT2D eigenvalue weighted by Gasteiger charge is 2.22. The van der Waals surface area contributed by atoms with Crippen molar-refractivity contribution in [1.29, 1.82) is 0 Å². The fourth-order valence-corrected chi connectivity index (χ4v) is 3.03. The molecular formula is C16H12F4N2O4S. The van der Waals surface area contributed by atoms with Crippen molar-refractivity contribution in [3.8, 4) is 0 Å². The van der Waals surface area contributed by atoms with E-state index in [2.05, 4.69) is 5.32 Å². The number of amides is 2. The van der Waals surface area contributed by atoms with E-state index in [0.717, 1.165) is 18.2 Å². The summed E-state index contributed by atoms with van der Waals surface area (Å²) in [5.41, 5.74) is -0.602. The molecule has 0 saturated carbocycles. The third-order valence-electron chi connectivity index (χ3n) is 3.14. The molecule has 0 heterocycles. The molecule has 6 nitrogen and oxygen atoms in total. The zero-order valence-electron chi connectivity index (χ0n) is 13.4. The number of rotatable bonds is 6. The third-order valence-corrected chi connectivity index (χ3v) is 4.54. The number of halogens is 4. The van der Waals surface area contributed by atoms with Crippen LogP contribution in [0.5, 0.6) is 0 Å². The number of nitrogens with one attached hydrogen (secondary N) is 2. The average Bonchev–Trinajstić information content (AvgIpc) is 2.56. The number of hydrogen-bond acceptors (Lipinski definition) is 4. The average molecular weight is 404 g/mol. The first kappa shape index (κ1) is 20.4. The predicted molar refractivity (Wildman–Crippen MR) is 88.6 cm³/mol. The molecule has 2 amide bonds. The van der Waals surface area contributed by atoms with Crippen molar-refractivity contribution in [2.45, 2.75) is 0 Å². The molecule has 27 heavy (non-hydrogen) atoms. The predicted octanol–water partition coefficient (Wildman–Crippen LogP) is 2.24. The molecule has 0 aromatic heterocycles. The smallest absolute Gasteiger partial charge is 0.239 e. The fourth-order valence-electron chi connectivity index (χ4n) is 1.99. The van der Waals surface area contributed by atoms with Crippen LogP contribution in [0.2, 0.25) is 0 Å². The maximum absolute atomic E-state index is 13.5. The zero-order chi connectivity index (χ0) is 20.2. The van der Waals surface area contributed by atoms with E-state index in [4.69, 9.17) is 0 Å². The number of sulfone groups is 1. The van der Waals surface area contributed by atoms with Crippen LogP contribution in [0.25, 0.3) is 0 Å². The fraction of sp³-hybridized carbons (Fsp3) is 0.125. The van der Waals surface area contributed by atoms with Gasteiger partial charge < -0.3 is 10.6 Å². The normalized spacial score (nSPS) is 11.1. The molecular weight excluding hydrogens is 392 g/mol. The lowest BCUT2D eigenvalue weighted by Crippen LogP contribution is -2.30. The van der Waals surface area contributed by atoms with Gasteiger partial charge in [-0.25, -0.2) is 26.0 Å². The van der Waals surface area contributed by atoms with Gasteiger partial charge in [0.15, 0.2) is 27.3 Å². The Morgan fingerprint density at radius 3 is 1.93 bits per heavy atom. The summed E-state index contributed by atoms with van der Waals surface area (Å²) in [5, 5.41) is 3.99. The zero-order valence-corrected chi connectivity index (χ0v) is 14.2. The number of carbonyl (C=O) groups excluding carboxylic acids is 2. The van der Waals surface area contributed by atoms with Gasteiger partial charge in [0.05, 0.1) is 5.69 Å². The molecule has 2 aromatic carbocycles. The van der Waals surface area contributed by atoms with Gasteiger partial charge in [0.25, 0.3) is 0 Å². The van der Waals surface area contributed by atoms with Crippen LogP contribution < -0.4 is 10.6 Å². The number of carbonyl (C=O) groups is 2. The van der Waals surface area contributed by atoms with Gasteiger partial charge >= 0.3 is 0 Å². The highest BCUT2D eigenvalue weighted by molar-refractivity contribution is 7.92. The topological polar surface area (TPSA) is 92.3 Å². The number of benzene rings is 2. The van der Waals surface area contributed by atoms with Crippen LogP contribution in [0.3, 0.4) is 0 Å². The van der Waals surface area contributed by atoms with Crippen molar-refractivity contribution < 1.29 is 35.6 Å². The Morgan fingerprint density at radius 1 is 0.778 bits per heavy atom. The summed E-state index contributed by atoms with van der Waals surface area (Å²) in [5.74, 6) is -10.0. The first-order chi connectivity index (χ1) is 12.6. The molecule has 0 fully saturated rings. The van der Waals surface area contributed by atoms with Gasteiger partial charge in [0, 0.05) is 5.69 Å². The molecule has 0 aliphatic rings. The van der Waals surface area contributed by atoms with Crippen molar-refractivity contribution in [3.05, 3.63) is 59.7 Å². The van der Waals surface area contributed by atoms with Gasteiger partial charge in [0.2, 0.25) is 11.8 Å². The van der Waals surface area contributed by atoms with Gasteiger partial charge in [-0.1, -0.05) is 0 Å². The van der Waals surface area contributed by atoms with E-state index in [1.54, 1.807) is 5.32 Å². The molecule has 11 heteroatoms. The van der Waals surface area contributed by atoms with E-state index in [-0.39, 0.29) is 5.69 Å². The third kappa shape index (κ3) is 5.78. The molecule has 0 aliphatic carbocycles. The molecule has 0 radical (unpaired) electrons. The van der Waals surface area contributed by atoms with Gasteiger partial charge in [-0.3, -0.25) is 9.59 Å². The second-order valence-corrected chi connectivity index (χ2v) is 7.42. The Balaban J connectivity index is 1.96. The molecule has 0 aliphatic heterocycles. The van der Waals surface area contributed by atoms with Crippen molar-refractivity contribution in [2.24, 2.45) is 0 Å². The van der Waals surface area contributed by atoms with Gasteiger partial charge in [-0.2, -0.15) is 0 Å². The van der Waals surface area contributed by atoms with E-state index in [1.807, 2.05) is 0 Å². The highest BCUT2D eigenvalue weighted by atomic mass is 32.2. The van der Waals surface area contributed by atoms with E-state index >= 15 is 0 Å². The van der Waals surface area contributed by atoms with Crippen LogP contribution in [-0.2, 0) is 19.4 Å². The van der Waals surface area contributed by atoms with Crippen LogP contribution in [0.1, 0.15) is 0 Å². The van der Waals surface area contributed by atoms with E-state index in [9.17, 15) is 35.6 Å². The standard InChI is InChI=1S/C16H12F4N2O4S/c17-9-1-3-10(4-2-9)21-13(23)7-27(25,26)8-14(24)22-12-6-5-11(18)15(19)16(12)20/h1-6H,7-8H2,(H,21,23)(H,22,24). The van der Waals surface area contributed by atoms with Crippen molar-refractivity contribution >= 4 is 33.0 Å². The number of anilines is 2. The summed E-state index contributed by atoms with van der Waals surface area (Å²) in [4.78, 5) is 23.4. The quantitative estimate of drug-likeness (QED) is 0.571. The molecule has 0 unspecified atom stereocenters. The second kappa shape index (κ2) is 8.16. The summed E-state index contributed by atoms with van der Waals surface area (Å²) < 4.78 is 75.9. The van der Waals surface area contributed by atoms with Crippen molar-refractivity contribution in [3.63, 3.8) is 0 Å². The molecule has 0 saturated heterocycles. The van der Waals surface area contributed by atoms with Crippen LogP contribution in [0, 0.1) is 23.3 Å². The van der Waals surface area contributed by atoms with Gasteiger partial charge in [-0.05, 0) is 36.4 Å². The first-order valence-electron chi connectivity index (χ1n) is 7.26. The molecule has 0 atom stereocenters. The highest BCUT2D eigenvalue weighted by Crippen LogP contribution is 2.19. The molecule has 144 valence electrons. The Hall–Kier alpha value is -2.95. The van der Waals surface area contributed by atoms with Crippen LogP contribution in [-0.4, -0.2) is 31.7 Å². The lowest BCUT2D eigenvalue weighted by atomic mass is 10.3. The van der Waals surface area contributed by atoms with E-state index in [0.29, 0.717) is 6.07 Å². The van der Waals surface area contributed by atoms with E-state index < -0.39 is 62.1 Å². The van der Waals surface area contributed by atoms with Crippen LogP contribution in [0.4, 0.5) is 28.9 Å². The van der Waals surface area contributed by atoms with Gasteiger partial charge in [-0.15, -0.1) is 0 Å². The molecule has 2 N–H and O–H groups in total. The Labute approximate surface area is 151 Å². The van der Waals surface area contributed by atoms with Crippen LogP contribution in [0.15, 0.2) is 36.4 Å². The summed E-state index contributed by atoms with van der Waals surface area (Å²) in [7, 11) is -4.25. The first-order valence-corrected chi connectivity index (χ1v) is 9.09. The molecule has 0 spiro atoms. The Kier molecular flexibility index (Phi) is 6.16. The maximum atomic E-state index is 13.5. The monoisotopic (exact) mass is 404 g/mol. The number of hydrogen-bond donors (Lipinski definition) is 2. The van der Waals surface area contributed by atoms with Crippen molar-refractivity contribution in [1.82, 2.24) is 0 Å². The second-order valence-electron chi connectivity index (χ2n) is 5.36. The summed E-state index contributed by atoms with van der Waals surface area (Å²) in [6.45, 7) is 0. The minimum Gasteiger partial charge on any atom is -0.325 e. The Morgan fingerprint density at radius 2 is 1.33 bits per heavy atom. The minimum absolute atomic E-state index is 0.143. The minimum atomic E-state index is -4.25. The largest absolute Gasteiger partial charge is 0.325 e. The van der Waals surface area contributed by atoms with Crippen LogP contribution >= 0.6 is 0 Å². The van der Waals surface area contributed by atoms with Crippen molar-refractivity contribution in [2.75, 3.05) is 22.1 Å². The molecule has 2 aromatic rings. The van der Waals surface area contributed by atoms with Gasteiger partial charge in [0.1, 0.15) is 17.3 Å². The summed E-state index contributed by atoms with van der Waals surface area (Å²) in [6.07, 6.45) is 0. The lowest BCUT2D eigenvalue weighted by Gasteiger charge is -2.09. The summed E-state index contributed by atoms with van der Waals surface area (Å²) in [6, 6.07) is 5.79.